The minimum Gasteiger partial charge on any atom is -0.385 e. The second-order valence-electron chi connectivity index (χ2n) is 7.10. The molecule has 31 heavy (non-hydrogen) atoms. The summed E-state index contributed by atoms with van der Waals surface area (Å²) in [7, 11) is 1.73. The predicted octanol–water partition coefficient (Wildman–Crippen LogP) is 5.53. The van der Waals surface area contributed by atoms with E-state index in [9.17, 15) is 4.79 Å². The zero-order chi connectivity index (χ0) is 21.9. The van der Waals surface area contributed by atoms with Gasteiger partial charge in [-0.3, -0.25) is 9.97 Å². The molecule has 0 radical (unpaired) electrons. The number of fused-ring (bicyclic) bond motifs is 1. The molecule has 0 saturated heterocycles. The van der Waals surface area contributed by atoms with E-state index in [0.717, 1.165) is 51.9 Å². The monoisotopic (exact) mass is 413 g/mol. The van der Waals surface area contributed by atoms with E-state index in [0.29, 0.717) is 6.42 Å². The summed E-state index contributed by atoms with van der Waals surface area (Å²) in [6.07, 6.45) is 8.92. The number of rotatable bonds is 7. The fraction of sp³-hybridized carbons (Fsp3) is 0.231. The van der Waals surface area contributed by atoms with Crippen LogP contribution in [0.15, 0.2) is 73.2 Å². The first-order valence-electron chi connectivity index (χ1n) is 10.4. The average molecular weight is 414 g/mol. The minimum absolute atomic E-state index is 0.305. The van der Waals surface area contributed by atoms with Crippen molar-refractivity contribution in [2.45, 2.75) is 26.2 Å². The van der Waals surface area contributed by atoms with Crippen LogP contribution in [-0.4, -0.2) is 35.0 Å². The SMILES string of the molecule is CCCCOC.O=CCc1cc2nc(-c3cccc(-c4ccncc4)c3)ccc2cn1. The lowest BCUT2D eigenvalue weighted by Gasteiger charge is -2.07. The van der Waals surface area contributed by atoms with E-state index < -0.39 is 0 Å². The quantitative estimate of drug-likeness (QED) is 0.294. The first kappa shape index (κ1) is 22.2. The van der Waals surface area contributed by atoms with Gasteiger partial charge in [0.1, 0.15) is 6.29 Å². The van der Waals surface area contributed by atoms with Gasteiger partial charge in [0.15, 0.2) is 0 Å². The second kappa shape index (κ2) is 11.7. The van der Waals surface area contributed by atoms with E-state index in [4.69, 9.17) is 9.72 Å². The fourth-order valence-electron chi connectivity index (χ4n) is 3.11. The number of nitrogens with zero attached hydrogens (tertiary/aromatic N) is 3. The number of hydrogen-bond acceptors (Lipinski definition) is 5. The standard InChI is InChI=1S/C21H15N3O.C5H12O/c25-11-8-19-13-21-18(14-23-19)4-5-20(24-21)17-3-1-2-16(12-17)15-6-9-22-10-7-15;1-3-4-5-6-2/h1-7,9-14H,8H2;3-5H2,1-2H3. The van der Waals surface area contributed by atoms with Crippen LogP contribution < -0.4 is 0 Å². The molecule has 4 aromatic rings. The van der Waals surface area contributed by atoms with Crippen molar-refractivity contribution in [1.82, 2.24) is 15.0 Å². The van der Waals surface area contributed by atoms with Gasteiger partial charge in [0.2, 0.25) is 0 Å². The van der Waals surface area contributed by atoms with Gasteiger partial charge in [0, 0.05) is 55.4 Å². The number of ether oxygens (including phenoxy) is 1. The van der Waals surface area contributed by atoms with Crippen LogP contribution in [0.2, 0.25) is 0 Å². The highest BCUT2D eigenvalue weighted by Gasteiger charge is 2.05. The molecule has 0 bridgehead atoms. The Labute approximate surface area is 183 Å². The molecule has 5 heteroatoms. The number of aromatic nitrogens is 3. The molecule has 0 aliphatic heterocycles. The van der Waals surface area contributed by atoms with Crippen LogP contribution in [0.5, 0.6) is 0 Å². The number of carbonyl (C=O) groups is 1. The van der Waals surface area contributed by atoms with Crippen molar-refractivity contribution in [1.29, 1.82) is 0 Å². The highest BCUT2D eigenvalue weighted by molar-refractivity contribution is 5.82. The van der Waals surface area contributed by atoms with Gasteiger partial charge < -0.3 is 9.53 Å². The molecule has 3 aromatic heterocycles. The van der Waals surface area contributed by atoms with Crippen molar-refractivity contribution in [3.63, 3.8) is 0 Å². The van der Waals surface area contributed by atoms with Crippen molar-refractivity contribution in [2.24, 2.45) is 0 Å². The Morgan fingerprint density at radius 2 is 1.77 bits per heavy atom. The number of carbonyl (C=O) groups excluding carboxylic acids is 1. The summed E-state index contributed by atoms with van der Waals surface area (Å²) in [6.45, 7) is 3.07. The Kier molecular flexibility index (Phi) is 8.38. The second-order valence-corrected chi connectivity index (χ2v) is 7.10. The van der Waals surface area contributed by atoms with E-state index >= 15 is 0 Å². The number of unbranched alkanes of at least 4 members (excludes halogenated alkanes) is 1. The van der Waals surface area contributed by atoms with E-state index in [1.165, 1.54) is 12.8 Å². The molecule has 0 unspecified atom stereocenters. The minimum atomic E-state index is 0.305. The van der Waals surface area contributed by atoms with Gasteiger partial charge in [-0.2, -0.15) is 0 Å². The molecule has 4 rings (SSSR count). The van der Waals surface area contributed by atoms with Gasteiger partial charge in [0.25, 0.3) is 0 Å². The van der Waals surface area contributed by atoms with E-state index in [2.05, 4.69) is 29.0 Å². The molecule has 0 atom stereocenters. The third kappa shape index (κ3) is 6.27. The predicted molar refractivity (Wildman–Crippen MR) is 125 cm³/mol. The van der Waals surface area contributed by atoms with Crippen molar-refractivity contribution in [2.75, 3.05) is 13.7 Å². The zero-order valence-corrected chi connectivity index (χ0v) is 18.0. The van der Waals surface area contributed by atoms with Crippen LogP contribution in [0.1, 0.15) is 25.5 Å². The third-order valence-corrected chi connectivity index (χ3v) is 4.80. The molecule has 0 N–H and O–H groups in total. The molecule has 0 aliphatic rings. The number of benzene rings is 1. The molecular formula is C26H27N3O2. The Morgan fingerprint density at radius 3 is 2.48 bits per heavy atom. The van der Waals surface area contributed by atoms with Crippen LogP contribution in [-0.2, 0) is 16.0 Å². The highest BCUT2D eigenvalue weighted by Crippen LogP contribution is 2.26. The molecule has 0 amide bonds. The Morgan fingerprint density at radius 1 is 0.968 bits per heavy atom. The third-order valence-electron chi connectivity index (χ3n) is 4.80. The van der Waals surface area contributed by atoms with Crippen molar-refractivity contribution >= 4 is 17.2 Å². The van der Waals surface area contributed by atoms with Gasteiger partial charge in [-0.15, -0.1) is 0 Å². The van der Waals surface area contributed by atoms with Crippen molar-refractivity contribution in [3.05, 3.63) is 78.9 Å². The molecule has 5 nitrogen and oxygen atoms in total. The molecule has 1 aromatic carbocycles. The maximum atomic E-state index is 10.7. The Bertz CT molecular complexity index is 1110. The molecule has 0 saturated carbocycles. The summed E-state index contributed by atoms with van der Waals surface area (Å²) < 4.78 is 4.78. The fourth-order valence-corrected chi connectivity index (χ4v) is 3.11. The maximum absolute atomic E-state index is 10.7. The van der Waals surface area contributed by atoms with Crippen LogP contribution in [0.25, 0.3) is 33.3 Å². The number of hydrogen-bond donors (Lipinski definition) is 0. The van der Waals surface area contributed by atoms with Gasteiger partial charge in [-0.1, -0.05) is 31.5 Å². The Hall–Kier alpha value is -3.44. The molecule has 0 spiro atoms. The van der Waals surface area contributed by atoms with Gasteiger partial charge in [0.05, 0.1) is 11.2 Å². The van der Waals surface area contributed by atoms with E-state index in [1.54, 1.807) is 25.7 Å². The van der Waals surface area contributed by atoms with Gasteiger partial charge in [-0.05, 0) is 53.9 Å². The summed E-state index contributed by atoms with van der Waals surface area (Å²) in [5.41, 5.74) is 5.77. The lowest BCUT2D eigenvalue weighted by atomic mass is 10.0. The summed E-state index contributed by atoms with van der Waals surface area (Å²) in [4.78, 5) is 23.8. The molecule has 0 fully saturated rings. The van der Waals surface area contributed by atoms with Crippen LogP contribution in [0.3, 0.4) is 0 Å². The summed E-state index contributed by atoms with van der Waals surface area (Å²) in [6, 6.07) is 18.1. The van der Waals surface area contributed by atoms with Gasteiger partial charge >= 0.3 is 0 Å². The molecule has 158 valence electrons. The first-order valence-corrected chi connectivity index (χ1v) is 10.4. The number of methoxy groups -OCH3 is 1. The van der Waals surface area contributed by atoms with Crippen molar-refractivity contribution < 1.29 is 9.53 Å². The summed E-state index contributed by atoms with van der Waals surface area (Å²) in [5.74, 6) is 0. The smallest absolute Gasteiger partial charge is 0.125 e. The zero-order valence-electron chi connectivity index (χ0n) is 18.0. The number of aldehydes is 1. The highest BCUT2D eigenvalue weighted by atomic mass is 16.5. The van der Waals surface area contributed by atoms with Crippen LogP contribution in [0.4, 0.5) is 0 Å². The van der Waals surface area contributed by atoms with Gasteiger partial charge in [-0.25, -0.2) is 4.98 Å². The van der Waals surface area contributed by atoms with Crippen molar-refractivity contribution in [3.8, 4) is 22.4 Å². The topological polar surface area (TPSA) is 65.0 Å². The number of pyridine rings is 3. The maximum Gasteiger partial charge on any atom is 0.125 e. The lowest BCUT2D eigenvalue weighted by molar-refractivity contribution is -0.107. The first-order chi connectivity index (χ1) is 15.2. The largest absolute Gasteiger partial charge is 0.385 e. The van der Waals surface area contributed by atoms with E-state index in [1.807, 2.05) is 42.5 Å². The lowest BCUT2D eigenvalue weighted by Crippen LogP contribution is -1.93. The molecular weight excluding hydrogens is 386 g/mol. The summed E-state index contributed by atoms with van der Waals surface area (Å²) in [5, 5.41) is 0.962. The normalized spacial score (nSPS) is 10.4. The average Bonchev–Trinajstić information content (AvgIpc) is 2.83. The van der Waals surface area contributed by atoms with Crippen LogP contribution >= 0.6 is 0 Å². The van der Waals surface area contributed by atoms with Crippen LogP contribution in [0, 0.1) is 0 Å². The van der Waals surface area contributed by atoms with E-state index in [-0.39, 0.29) is 0 Å². The molecule has 0 aliphatic carbocycles. The summed E-state index contributed by atoms with van der Waals surface area (Å²) >= 11 is 0. The Balaban J connectivity index is 0.000000401. The molecule has 3 heterocycles.